The van der Waals surface area contributed by atoms with Gasteiger partial charge >= 0.3 is 5.97 Å². The van der Waals surface area contributed by atoms with Crippen molar-refractivity contribution in [3.8, 4) is 5.75 Å². The summed E-state index contributed by atoms with van der Waals surface area (Å²) in [4.78, 5) is 11.6. The molecule has 0 aromatic heterocycles. The van der Waals surface area contributed by atoms with Crippen molar-refractivity contribution in [3.05, 3.63) is 29.3 Å². The molecular formula is C16H24O4. The molecule has 20 heavy (non-hydrogen) atoms. The number of rotatable bonds is 7. The van der Waals surface area contributed by atoms with E-state index in [0.29, 0.717) is 17.9 Å². The van der Waals surface area contributed by atoms with Crippen molar-refractivity contribution in [1.82, 2.24) is 0 Å². The van der Waals surface area contributed by atoms with Crippen molar-refractivity contribution in [2.45, 2.75) is 45.6 Å². The standard InChI is InChI=1S/C16H24O4/c1-4-11(5-2)14(9-16(19)20-3)12-6-7-13(10-17)15(18)8-12/h6-8,11,14,17-18H,4-5,9-10H2,1-3H3. The van der Waals surface area contributed by atoms with Crippen LogP contribution in [0.2, 0.25) is 0 Å². The first-order valence-electron chi connectivity index (χ1n) is 7.06. The second-order valence-electron chi connectivity index (χ2n) is 5.01. The summed E-state index contributed by atoms with van der Waals surface area (Å²) in [5, 5.41) is 19.0. The fourth-order valence-corrected chi connectivity index (χ4v) is 2.62. The van der Waals surface area contributed by atoms with Crippen LogP contribution in [-0.4, -0.2) is 23.3 Å². The molecule has 4 heteroatoms. The zero-order chi connectivity index (χ0) is 15.1. The second kappa shape index (κ2) is 7.90. The number of hydrogen-bond acceptors (Lipinski definition) is 4. The number of ether oxygens (including phenoxy) is 1. The summed E-state index contributed by atoms with van der Waals surface area (Å²) in [6.07, 6.45) is 2.22. The highest BCUT2D eigenvalue weighted by molar-refractivity contribution is 5.70. The minimum absolute atomic E-state index is 0.0242. The van der Waals surface area contributed by atoms with Crippen molar-refractivity contribution < 1.29 is 19.7 Å². The van der Waals surface area contributed by atoms with Gasteiger partial charge in [-0.3, -0.25) is 4.79 Å². The van der Waals surface area contributed by atoms with Gasteiger partial charge in [0.25, 0.3) is 0 Å². The fraction of sp³-hybridized carbons (Fsp3) is 0.562. The van der Waals surface area contributed by atoms with Crippen LogP contribution in [0.1, 0.15) is 50.2 Å². The molecule has 0 fully saturated rings. The molecule has 0 spiro atoms. The van der Waals surface area contributed by atoms with Gasteiger partial charge in [-0.25, -0.2) is 0 Å². The highest BCUT2D eigenvalue weighted by Crippen LogP contribution is 2.35. The number of aliphatic hydroxyl groups excluding tert-OH is 1. The van der Waals surface area contributed by atoms with Crippen LogP contribution in [0.25, 0.3) is 0 Å². The number of carbonyl (C=O) groups excluding carboxylic acids is 1. The molecule has 112 valence electrons. The van der Waals surface area contributed by atoms with Crippen LogP contribution < -0.4 is 0 Å². The van der Waals surface area contributed by atoms with E-state index in [0.717, 1.165) is 18.4 Å². The quantitative estimate of drug-likeness (QED) is 0.754. The van der Waals surface area contributed by atoms with E-state index >= 15 is 0 Å². The maximum absolute atomic E-state index is 11.6. The minimum atomic E-state index is -0.243. The lowest BCUT2D eigenvalue weighted by atomic mass is 9.80. The van der Waals surface area contributed by atoms with E-state index in [9.17, 15) is 9.90 Å². The highest BCUT2D eigenvalue weighted by Gasteiger charge is 2.24. The van der Waals surface area contributed by atoms with Crippen molar-refractivity contribution in [1.29, 1.82) is 0 Å². The van der Waals surface area contributed by atoms with Gasteiger partial charge in [-0.1, -0.05) is 38.8 Å². The van der Waals surface area contributed by atoms with Crippen molar-refractivity contribution in [3.63, 3.8) is 0 Å². The van der Waals surface area contributed by atoms with Gasteiger partial charge in [0, 0.05) is 5.56 Å². The van der Waals surface area contributed by atoms with Crippen molar-refractivity contribution in [2.24, 2.45) is 5.92 Å². The number of methoxy groups -OCH3 is 1. The van der Waals surface area contributed by atoms with Gasteiger partial charge < -0.3 is 14.9 Å². The molecule has 0 aliphatic heterocycles. The number of aromatic hydroxyl groups is 1. The highest BCUT2D eigenvalue weighted by atomic mass is 16.5. The normalized spacial score (nSPS) is 12.4. The van der Waals surface area contributed by atoms with Gasteiger partial charge in [-0.2, -0.15) is 0 Å². The molecule has 2 N–H and O–H groups in total. The van der Waals surface area contributed by atoms with Crippen LogP contribution >= 0.6 is 0 Å². The molecule has 1 aromatic carbocycles. The Bertz CT molecular complexity index is 438. The Morgan fingerprint density at radius 1 is 1.30 bits per heavy atom. The summed E-state index contributed by atoms with van der Waals surface area (Å²) in [6.45, 7) is 4.00. The van der Waals surface area contributed by atoms with Crippen molar-refractivity contribution >= 4 is 5.97 Å². The summed E-state index contributed by atoms with van der Waals surface area (Å²) in [5.41, 5.74) is 1.41. The molecule has 1 atom stereocenters. The Balaban J connectivity index is 3.08. The summed E-state index contributed by atoms with van der Waals surface area (Å²) in [6, 6.07) is 5.23. The smallest absolute Gasteiger partial charge is 0.306 e. The SMILES string of the molecule is CCC(CC)C(CC(=O)OC)c1ccc(CO)c(O)c1. The van der Waals surface area contributed by atoms with E-state index in [2.05, 4.69) is 13.8 Å². The van der Waals surface area contributed by atoms with Gasteiger partial charge in [0.2, 0.25) is 0 Å². The number of carbonyl (C=O) groups is 1. The van der Waals surface area contributed by atoms with Gasteiger partial charge in [-0.05, 0) is 23.5 Å². The zero-order valence-electron chi connectivity index (χ0n) is 12.4. The number of hydrogen-bond donors (Lipinski definition) is 2. The number of phenols is 1. The molecule has 1 unspecified atom stereocenters. The number of aliphatic hydroxyl groups is 1. The van der Waals surface area contributed by atoms with Crippen LogP contribution in [0.5, 0.6) is 5.75 Å². The Hall–Kier alpha value is -1.55. The van der Waals surface area contributed by atoms with Gasteiger partial charge in [0.05, 0.1) is 20.1 Å². The molecule has 1 rings (SSSR count). The lowest BCUT2D eigenvalue weighted by Crippen LogP contribution is -2.17. The van der Waals surface area contributed by atoms with Crippen LogP contribution in [-0.2, 0) is 16.1 Å². The van der Waals surface area contributed by atoms with Gasteiger partial charge in [0.15, 0.2) is 0 Å². The van der Waals surface area contributed by atoms with Crippen LogP contribution in [0, 0.1) is 5.92 Å². The maximum Gasteiger partial charge on any atom is 0.306 e. The monoisotopic (exact) mass is 280 g/mol. The third-order valence-corrected chi connectivity index (χ3v) is 3.94. The predicted molar refractivity (Wildman–Crippen MR) is 77.5 cm³/mol. The largest absolute Gasteiger partial charge is 0.508 e. The Labute approximate surface area is 120 Å². The van der Waals surface area contributed by atoms with Crippen LogP contribution in [0.4, 0.5) is 0 Å². The molecule has 0 aliphatic carbocycles. The number of esters is 1. The molecule has 0 saturated heterocycles. The Kier molecular flexibility index (Phi) is 6.52. The van der Waals surface area contributed by atoms with Crippen molar-refractivity contribution in [2.75, 3.05) is 7.11 Å². The van der Waals surface area contributed by atoms with Gasteiger partial charge in [0.1, 0.15) is 5.75 Å². The summed E-state index contributed by atoms with van der Waals surface area (Å²) < 4.78 is 4.78. The van der Waals surface area contributed by atoms with E-state index < -0.39 is 0 Å². The lowest BCUT2D eigenvalue weighted by Gasteiger charge is -2.25. The van der Waals surface area contributed by atoms with E-state index in [1.54, 1.807) is 12.1 Å². The molecule has 1 aromatic rings. The van der Waals surface area contributed by atoms with Gasteiger partial charge in [-0.15, -0.1) is 0 Å². The first-order valence-corrected chi connectivity index (χ1v) is 7.06. The van der Waals surface area contributed by atoms with E-state index in [1.807, 2.05) is 6.07 Å². The topological polar surface area (TPSA) is 66.8 Å². The summed E-state index contributed by atoms with van der Waals surface area (Å²) >= 11 is 0. The second-order valence-corrected chi connectivity index (χ2v) is 5.01. The molecule has 0 amide bonds. The average Bonchev–Trinajstić information content (AvgIpc) is 2.47. The molecule has 0 bridgehead atoms. The third-order valence-electron chi connectivity index (χ3n) is 3.94. The Morgan fingerprint density at radius 3 is 2.40 bits per heavy atom. The fourth-order valence-electron chi connectivity index (χ4n) is 2.62. The van der Waals surface area contributed by atoms with E-state index in [4.69, 9.17) is 9.84 Å². The average molecular weight is 280 g/mol. The first kappa shape index (κ1) is 16.5. The lowest BCUT2D eigenvalue weighted by molar-refractivity contribution is -0.141. The maximum atomic E-state index is 11.6. The summed E-state index contributed by atoms with van der Waals surface area (Å²) in [7, 11) is 1.39. The third kappa shape index (κ3) is 3.97. The molecule has 0 saturated carbocycles. The summed E-state index contributed by atoms with van der Waals surface area (Å²) in [5.74, 6) is 0.211. The predicted octanol–water partition coefficient (Wildman–Crippen LogP) is 2.97. The Morgan fingerprint density at radius 2 is 1.95 bits per heavy atom. The van der Waals surface area contributed by atoms with E-state index in [1.165, 1.54) is 7.11 Å². The van der Waals surface area contributed by atoms with E-state index in [-0.39, 0.29) is 24.2 Å². The zero-order valence-corrected chi connectivity index (χ0v) is 12.4. The molecular weight excluding hydrogens is 256 g/mol. The molecule has 4 nitrogen and oxygen atoms in total. The minimum Gasteiger partial charge on any atom is -0.508 e. The van der Waals surface area contributed by atoms with Crippen LogP contribution in [0.3, 0.4) is 0 Å². The molecule has 0 heterocycles. The molecule has 0 radical (unpaired) electrons. The number of benzene rings is 1. The molecule has 0 aliphatic rings. The van der Waals surface area contributed by atoms with Crippen LogP contribution in [0.15, 0.2) is 18.2 Å². The first-order chi connectivity index (χ1) is 9.57.